The number of carbonyl (C=O) groups excluding carboxylic acids is 1. The lowest BCUT2D eigenvalue weighted by molar-refractivity contribution is 0.0922. The van der Waals surface area contributed by atoms with Crippen LogP contribution < -0.4 is 14.8 Å². The summed E-state index contributed by atoms with van der Waals surface area (Å²) in [6.45, 7) is 3.80. The maximum absolute atomic E-state index is 11.7. The lowest BCUT2D eigenvalue weighted by Gasteiger charge is -2.05. The van der Waals surface area contributed by atoms with Crippen LogP contribution in [0.15, 0.2) is 18.2 Å². The fourth-order valence-corrected chi connectivity index (χ4v) is 1.52. The molecule has 92 valence electrons. The average Bonchev–Trinajstić information content (AvgIpc) is 2.81. The van der Waals surface area contributed by atoms with Crippen LogP contribution in [0.2, 0.25) is 0 Å². The Kier molecular flexibility index (Phi) is 3.82. The van der Waals surface area contributed by atoms with E-state index in [9.17, 15) is 4.79 Å². The molecule has 0 aliphatic carbocycles. The Hall–Kier alpha value is -1.75. The van der Waals surface area contributed by atoms with Crippen LogP contribution in [0.3, 0.4) is 0 Å². The first kappa shape index (κ1) is 11.7. The molecule has 1 aromatic carbocycles. The highest BCUT2D eigenvalue weighted by Gasteiger charge is 2.15. The van der Waals surface area contributed by atoms with Crippen LogP contribution in [-0.4, -0.2) is 32.5 Å². The number of benzene rings is 1. The highest BCUT2D eigenvalue weighted by Crippen LogP contribution is 2.32. The molecule has 0 aromatic heterocycles. The minimum absolute atomic E-state index is 0.136. The van der Waals surface area contributed by atoms with Crippen LogP contribution in [0, 0.1) is 0 Å². The molecule has 1 aromatic rings. The smallest absolute Gasteiger partial charge is 0.251 e. The molecule has 0 saturated heterocycles. The van der Waals surface area contributed by atoms with Gasteiger partial charge in [0.1, 0.15) is 0 Å². The van der Waals surface area contributed by atoms with Crippen molar-refractivity contribution in [2.45, 2.75) is 6.92 Å². The van der Waals surface area contributed by atoms with Crippen molar-refractivity contribution in [3.63, 3.8) is 0 Å². The largest absolute Gasteiger partial charge is 0.454 e. The summed E-state index contributed by atoms with van der Waals surface area (Å²) >= 11 is 0. The summed E-state index contributed by atoms with van der Waals surface area (Å²) in [5.74, 6) is 1.15. The number of fused-ring (bicyclic) bond motifs is 1. The predicted molar refractivity (Wildman–Crippen MR) is 61.4 cm³/mol. The number of hydrogen-bond acceptors (Lipinski definition) is 4. The zero-order valence-electron chi connectivity index (χ0n) is 9.69. The molecule has 1 heterocycles. The Morgan fingerprint density at radius 3 is 3.06 bits per heavy atom. The van der Waals surface area contributed by atoms with Crippen molar-refractivity contribution in [3.8, 4) is 11.5 Å². The molecule has 5 heteroatoms. The van der Waals surface area contributed by atoms with Crippen LogP contribution in [0.1, 0.15) is 17.3 Å². The van der Waals surface area contributed by atoms with Crippen LogP contribution >= 0.6 is 0 Å². The molecule has 0 radical (unpaired) electrons. The lowest BCUT2D eigenvalue weighted by atomic mass is 10.2. The van der Waals surface area contributed by atoms with E-state index in [0.29, 0.717) is 36.8 Å². The summed E-state index contributed by atoms with van der Waals surface area (Å²) in [6, 6.07) is 5.13. The monoisotopic (exact) mass is 237 g/mol. The second kappa shape index (κ2) is 5.54. The van der Waals surface area contributed by atoms with Gasteiger partial charge in [0.2, 0.25) is 6.79 Å². The van der Waals surface area contributed by atoms with Gasteiger partial charge in [-0.25, -0.2) is 0 Å². The molecule has 0 bridgehead atoms. The molecule has 2 rings (SSSR count). The van der Waals surface area contributed by atoms with E-state index in [1.165, 1.54) is 0 Å². The third-order valence-electron chi connectivity index (χ3n) is 2.37. The maximum Gasteiger partial charge on any atom is 0.251 e. The molecule has 1 aliphatic heterocycles. The first-order valence-corrected chi connectivity index (χ1v) is 5.57. The normalized spacial score (nSPS) is 12.5. The molecule has 0 spiro atoms. The molecule has 1 N–H and O–H groups in total. The van der Waals surface area contributed by atoms with Gasteiger partial charge in [0.05, 0.1) is 6.61 Å². The van der Waals surface area contributed by atoms with Gasteiger partial charge in [-0.3, -0.25) is 4.79 Å². The van der Waals surface area contributed by atoms with Gasteiger partial charge in [0.15, 0.2) is 11.5 Å². The van der Waals surface area contributed by atoms with E-state index < -0.39 is 0 Å². The van der Waals surface area contributed by atoms with Crippen molar-refractivity contribution in [2.75, 3.05) is 26.6 Å². The number of nitrogens with one attached hydrogen (secondary N) is 1. The van der Waals surface area contributed by atoms with Crippen LogP contribution in [0.4, 0.5) is 0 Å². The van der Waals surface area contributed by atoms with Crippen molar-refractivity contribution >= 4 is 5.91 Å². The quantitative estimate of drug-likeness (QED) is 0.781. The highest BCUT2D eigenvalue weighted by atomic mass is 16.7. The van der Waals surface area contributed by atoms with Gasteiger partial charge >= 0.3 is 0 Å². The van der Waals surface area contributed by atoms with E-state index in [1.807, 2.05) is 6.92 Å². The summed E-state index contributed by atoms with van der Waals surface area (Å²) in [5.41, 5.74) is 0.561. The van der Waals surface area contributed by atoms with Crippen LogP contribution in [0.25, 0.3) is 0 Å². The summed E-state index contributed by atoms with van der Waals surface area (Å²) in [6.07, 6.45) is 0. The number of carbonyl (C=O) groups is 1. The fraction of sp³-hybridized carbons (Fsp3) is 0.417. The van der Waals surface area contributed by atoms with Gasteiger partial charge in [0, 0.05) is 18.7 Å². The Morgan fingerprint density at radius 2 is 2.24 bits per heavy atom. The molecule has 0 unspecified atom stereocenters. The zero-order chi connectivity index (χ0) is 12.1. The first-order chi connectivity index (χ1) is 8.31. The van der Waals surface area contributed by atoms with Gasteiger partial charge in [-0.2, -0.15) is 0 Å². The number of ether oxygens (including phenoxy) is 3. The Labute approximate surface area is 99.7 Å². The van der Waals surface area contributed by atoms with Crippen LogP contribution in [0.5, 0.6) is 11.5 Å². The fourth-order valence-electron chi connectivity index (χ4n) is 1.52. The number of rotatable bonds is 5. The second-order valence-corrected chi connectivity index (χ2v) is 3.52. The van der Waals surface area contributed by atoms with Gasteiger partial charge < -0.3 is 19.5 Å². The summed E-state index contributed by atoms with van der Waals surface area (Å²) < 4.78 is 15.5. The predicted octanol–water partition coefficient (Wildman–Crippen LogP) is 1.18. The standard InChI is InChI=1S/C12H15NO4/c1-2-15-6-5-13-12(14)9-3-4-10-11(7-9)17-8-16-10/h3-4,7H,2,5-6,8H2,1H3,(H,13,14). The zero-order valence-corrected chi connectivity index (χ0v) is 9.69. The third kappa shape index (κ3) is 2.88. The lowest BCUT2D eigenvalue weighted by Crippen LogP contribution is -2.27. The van der Waals surface area contributed by atoms with Crippen molar-refractivity contribution in [3.05, 3.63) is 23.8 Å². The van der Waals surface area contributed by atoms with E-state index >= 15 is 0 Å². The summed E-state index contributed by atoms with van der Waals surface area (Å²) in [7, 11) is 0. The average molecular weight is 237 g/mol. The van der Waals surface area contributed by atoms with Crippen molar-refractivity contribution in [1.82, 2.24) is 5.32 Å². The van der Waals surface area contributed by atoms with E-state index in [2.05, 4.69) is 5.32 Å². The number of amides is 1. The molecule has 0 fully saturated rings. The third-order valence-corrected chi connectivity index (χ3v) is 2.37. The minimum Gasteiger partial charge on any atom is -0.454 e. The highest BCUT2D eigenvalue weighted by molar-refractivity contribution is 5.94. The molecular formula is C12H15NO4. The Morgan fingerprint density at radius 1 is 1.41 bits per heavy atom. The molecular weight excluding hydrogens is 222 g/mol. The molecule has 5 nitrogen and oxygen atoms in total. The van der Waals surface area contributed by atoms with Gasteiger partial charge in [-0.1, -0.05) is 0 Å². The minimum atomic E-state index is -0.136. The van der Waals surface area contributed by atoms with Gasteiger partial charge in [0.25, 0.3) is 5.91 Å². The van der Waals surface area contributed by atoms with E-state index in [1.54, 1.807) is 18.2 Å². The summed E-state index contributed by atoms with van der Waals surface area (Å²) in [4.78, 5) is 11.7. The van der Waals surface area contributed by atoms with Gasteiger partial charge in [-0.05, 0) is 25.1 Å². The van der Waals surface area contributed by atoms with Crippen molar-refractivity contribution < 1.29 is 19.0 Å². The molecule has 1 aliphatic rings. The second-order valence-electron chi connectivity index (χ2n) is 3.52. The molecule has 1 amide bonds. The summed E-state index contributed by atoms with van der Waals surface area (Å²) in [5, 5.41) is 2.76. The van der Waals surface area contributed by atoms with E-state index in [0.717, 1.165) is 0 Å². The number of hydrogen-bond donors (Lipinski definition) is 1. The maximum atomic E-state index is 11.7. The Bertz CT molecular complexity index is 405. The van der Waals surface area contributed by atoms with E-state index in [-0.39, 0.29) is 12.7 Å². The first-order valence-electron chi connectivity index (χ1n) is 5.57. The molecule has 0 saturated carbocycles. The van der Waals surface area contributed by atoms with Crippen molar-refractivity contribution in [1.29, 1.82) is 0 Å². The van der Waals surface area contributed by atoms with Crippen molar-refractivity contribution in [2.24, 2.45) is 0 Å². The SMILES string of the molecule is CCOCCNC(=O)c1ccc2c(c1)OCO2. The molecule has 17 heavy (non-hydrogen) atoms. The van der Waals surface area contributed by atoms with Gasteiger partial charge in [-0.15, -0.1) is 0 Å². The van der Waals surface area contributed by atoms with E-state index in [4.69, 9.17) is 14.2 Å². The topological polar surface area (TPSA) is 56.8 Å². The molecule has 0 atom stereocenters. The van der Waals surface area contributed by atoms with Crippen LogP contribution in [-0.2, 0) is 4.74 Å². The Balaban J connectivity index is 1.91.